The van der Waals surface area contributed by atoms with E-state index in [9.17, 15) is 30.1 Å². The zero-order valence-corrected chi connectivity index (χ0v) is 17.8. The molecule has 0 aliphatic heterocycles. The van der Waals surface area contributed by atoms with Crippen LogP contribution in [0.3, 0.4) is 0 Å². The highest BCUT2D eigenvalue weighted by Crippen LogP contribution is 2.27. The standard InChI is InChI=1S/C23H19N3O7/c1-14-17(11-24)22(28)25(12-15-7-9-16(32-2)10-8-15)23(29)21(14)19(27)13-33-20-6-4-3-5-18(20)26(30)31/h3-10,29H,12-13H2,1-2H3. The number of carbonyl (C=O) groups is 1. The molecular weight excluding hydrogens is 430 g/mol. The maximum absolute atomic E-state index is 12.9. The Bertz CT molecular complexity index is 1320. The number of ether oxygens (including phenoxy) is 2. The number of nitriles is 1. The van der Waals surface area contributed by atoms with Gasteiger partial charge in [-0.3, -0.25) is 24.3 Å². The number of rotatable bonds is 8. The van der Waals surface area contributed by atoms with Gasteiger partial charge in [0.05, 0.1) is 24.1 Å². The second-order valence-electron chi connectivity index (χ2n) is 6.99. The zero-order chi connectivity index (χ0) is 24.1. The Morgan fingerprint density at radius 3 is 2.48 bits per heavy atom. The van der Waals surface area contributed by atoms with E-state index in [1.165, 1.54) is 38.3 Å². The van der Waals surface area contributed by atoms with Crippen molar-refractivity contribution in [2.75, 3.05) is 13.7 Å². The number of pyridine rings is 1. The van der Waals surface area contributed by atoms with Crippen LogP contribution >= 0.6 is 0 Å². The van der Waals surface area contributed by atoms with Crippen molar-refractivity contribution in [2.24, 2.45) is 0 Å². The van der Waals surface area contributed by atoms with Crippen LogP contribution in [0.2, 0.25) is 0 Å². The molecule has 3 aromatic rings. The van der Waals surface area contributed by atoms with Crippen LogP contribution in [0.25, 0.3) is 0 Å². The smallest absolute Gasteiger partial charge is 0.310 e. The molecule has 168 valence electrons. The molecular formula is C23H19N3O7. The van der Waals surface area contributed by atoms with Crippen molar-refractivity contribution >= 4 is 11.5 Å². The summed E-state index contributed by atoms with van der Waals surface area (Å²) in [5.74, 6) is -0.897. The molecule has 0 saturated carbocycles. The monoisotopic (exact) mass is 449 g/mol. The number of para-hydroxylation sites is 2. The summed E-state index contributed by atoms with van der Waals surface area (Å²) in [5, 5.41) is 31.4. The summed E-state index contributed by atoms with van der Waals surface area (Å²) in [6.45, 7) is 0.620. The van der Waals surface area contributed by atoms with Crippen molar-refractivity contribution < 1.29 is 24.3 Å². The number of aromatic nitrogens is 1. The Balaban J connectivity index is 1.98. The van der Waals surface area contributed by atoms with Gasteiger partial charge in [-0.2, -0.15) is 5.26 Å². The van der Waals surface area contributed by atoms with E-state index in [2.05, 4.69) is 0 Å². The summed E-state index contributed by atoms with van der Waals surface area (Å²) in [5.41, 5.74) is -1.01. The number of Topliss-reactive ketones (excluding diaryl/α,β-unsaturated/α-hetero) is 1. The molecule has 10 nitrogen and oxygen atoms in total. The molecule has 0 unspecified atom stereocenters. The molecule has 1 aromatic heterocycles. The van der Waals surface area contributed by atoms with E-state index in [1.54, 1.807) is 30.3 Å². The quantitative estimate of drug-likeness (QED) is 0.314. The zero-order valence-electron chi connectivity index (χ0n) is 17.8. The lowest BCUT2D eigenvalue weighted by Crippen LogP contribution is -2.28. The SMILES string of the molecule is COc1ccc(Cn2c(O)c(C(=O)COc3ccccc3[N+](=O)[O-])c(C)c(C#N)c2=O)cc1. The van der Waals surface area contributed by atoms with Gasteiger partial charge in [0.2, 0.25) is 11.7 Å². The number of nitro groups is 1. The first-order valence-electron chi connectivity index (χ1n) is 9.67. The van der Waals surface area contributed by atoms with Gasteiger partial charge >= 0.3 is 5.69 Å². The molecule has 0 saturated heterocycles. The molecule has 0 aliphatic carbocycles. The van der Waals surface area contributed by atoms with Crippen molar-refractivity contribution in [1.82, 2.24) is 4.57 Å². The third-order valence-electron chi connectivity index (χ3n) is 5.00. The fraction of sp³-hybridized carbons (Fsp3) is 0.174. The molecule has 2 aromatic carbocycles. The summed E-state index contributed by atoms with van der Waals surface area (Å²) < 4.78 is 11.3. The maximum Gasteiger partial charge on any atom is 0.310 e. The summed E-state index contributed by atoms with van der Waals surface area (Å²) >= 11 is 0. The van der Waals surface area contributed by atoms with Gasteiger partial charge in [0, 0.05) is 6.07 Å². The van der Waals surface area contributed by atoms with Gasteiger partial charge in [-0.1, -0.05) is 24.3 Å². The molecule has 10 heteroatoms. The Hall–Kier alpha value is -4.65. The predicted molar refractivity (Wildman–Crippen MR) is 117 cm³/mol. The second-order valence-corrected chi connectivity index (χ2v) is 6.99. The molecule has 0 amide bonds. The first-order valence-corrected chi connectivity index (χ1v) is 9.67. The van der Waals surface area contributed by atoms with Crippen molar-refractivity contribution in [3.05, 3.63) is 91.3 Å². The van der Waals surface area contributed by atoms with E-state index in [0.717, 1.165) is 4.57 Å². The van der Waals surface area contributed by atoms with Crippen LogP contribution in [0.1, 0.15) is 27.0 Å². The van der Waals surface area contributed by atoms with Crippen LogP contribution in [-0.2, 0) is 6.54 Å². The lowest BCUT2D eigenvalue weighted by Gasteiger charge is -2.16. The Kier molecular flexibility index (Phi) is 6.74. The number of hydrogen-bond acceptors (Lipinski definition) is 8. The summed E-state index contributed by atoms with van der Waals surface area (Å²) in [7, 11) is 1.51. The van der Waals surface area contributed by atoms with E-state index in [1.807, 2.05) is 0 Å². The van der Waals surface area contributed by atoms with Crippen LogP contribution in [0.5, 0.6) is 17.4 Å². The van der Waals surface area contributed by atoms with Gasteiger partial charge in [-0.25, -0.2) is 0 Å². The third kappa shape index (κ3) is 4.67. The average Bonchev–Trinajstić information content (AvgIpc) is 2.81. The van der Waals surface area contributed by atoms with Gasteiger partial charge in [-0.15, -0.1) is 0 Å². The highest BCUT2D eigenvalue weighted by Gasteiger charge is 2.25. The molecule has 0 spiro atoms. The van der Waals surface area contributed by atoms with Gasteiger partial charge < -0.3 is 14.6 Å². The Morgan fingerprint density at radius 1 is 1.21 bits per heavy atom. The van der Waals surface area contributed by atoms with Crippen LogP contribution in [0.15, 0.2) is 53.3 Å². The minimum absolute atomic E-state index is 0.00198. The normalized spacial score (nSPS) is 10.3. The average molecular weight is 449 g/mol. The van der Waals surface area contributed by atoms with E-state index >= 15 is 0 Å². The Labute approximate surface area is 188 Å². The minimum Gasteiger partial charge on any atom is -0.497 e. The first-order chi connectivity index (χ1) is 15.8. The number of ketones is 1. The van der Waals surface area contributed by atoms with Gasteiger partial charge in [-0.05, 0) is 36.2 Å². The summed E-state index contributed by atoms with van der Waals surface area (Å²) in [4.78, 5) is 36.2. The lowest BCUT2D eigenvalue weighted by molar-refractivity contribution is -0.385. The van der Waals surface area contributed by atoms with Gasteiger partial charge in [0.25, 0.3) is 5.56 Å². The third-order valence-corrected chi connectivity index (χ3v) is 5.00. The topological polar surface area (TPSA) is 145 Å². The minimum atomic E-state index is -0.750. The van der Waals surface area contributed by atoms with Gasteiger partial charge in [0.15, 0.2) is 12.4 Å². The molecule has 33 heavy (non-hydrogen) atoms. The largest absolute Gasteiger partial charge is 0.497 e. The number of aromatic hydroxyl groups is 1. The van der Waals surface area contributed by atoms with Crippen molar-refractivity contribution in [1.29, 1.82) is 5.26 Å². The molecule has 3 rings (SSSR count). The summed E-state index contributed by atoms with van der Waals surface area (Å²) in [6.07, 6.45) is 0. The second kappa shape index (κ2) is 9.65. The number of nitro benzene ring substituents is 1. The van der Waals surface area contributed by atoms with Crippen LogP contribution in [0, 0.1) is 28.4 Å². The highest BCUT2D eigenvalue weighted by atomic mass is 16.6. The van der Waals surface area contributed by atoms with Crippen molar-refractivity contribution in [2.45, 2.75) is 13.5 Å². The molecule has 1 heterocycles. The van der Waals surface area contributed by atoms with Crippen molar-refractivity contribution in [3.8, 4) is 23.4 Å². The first kappa shape index (κ1) is 23.0. The fourth-order valence-electron chi connectivity index (χ4n) is 3.29. The number of benzene rings is 2. The molecule has 0 bridgehead atoms. The molecule has 0 atom stereocenters. The predicted octanol–water partition coefficient (Wildman–Crippen LogP) is 2.96. The molecule has 0 fully saturated rings. The van der Waals surface area contributed by atoms with E-state index < -0.39 is 28.8 Å². The maximum atomic E-state index is 12.9. The van der Waals surface area contributed by atoms with Gasteiger partial charge in [0.1, 0.15) is 17.4 Å². The number of methoxy groups -OCH3 is 1. The molecule has 1 N–H and O–H groups in total. The van der Waals surface area contributed by atoms with Crippen LogP contribution < -0.4 is 15.0 Å². The van der Waals surface area contributed by atoms with E-state index in [-0.39, 0.29) is 34.7 Å². The van der Waals surface area contributed by atoms with Crippen molar-refractivity contribution in [3.63, 3.8) is 0 Å². The number of nitrogens with zero attached hydrogens (tertiary/aromatic N) is 3. The van der Waals surface area contributed by atoms with E-state index in [0.29, 0.717) is 11.3 Å². The fourth-order valence-corrected chi connectivity index (χ4v) is 3.29. The van der Waals surface area contributed by atoms with Crippen LogP contribution in [-0.4, -0.2) is 34.1 Å². The van der Waals surface area contributed by atoms with E-state index in [4.69, 9.17) is 9.47 Å². The number of hydrogen-bond donors (Lipinski definition) is 1. The molecule has 0 aliphatic rings. The Morgan fingerprint density at radius 2 is 1.88 bits per heavy atom. The molecule has 0 radical (unpaired) electrons. The lowest BCUT2D eigenvalue weighted by atomic mass is 10.0. The number of carbonyl (C=O) groups excluding carboxylic acids is 1. The summed E-state index contributed by atoms with van der Waals surface area (Å²) in [6, 6.07) is 14.0. The van der Waals surface area contributed by atoms with Crippen LogP contribution in [0.4, 0.5) is 5.69 Å². The highest BCUT2D eigenvalue weighted by molar-refractivity contribution is 6.01.